The summed E-state index contributed by atoms with van der Waals surface area (Å²) in [5.41, 5.74) is 2.82. The van der Waals surface area contributed by atoms with E-state index in [0.29, 0.717) is 38.3 Å². The molecule has 11 heteroatoms. The minimum absolute atomic E-state index is 0.213. The molecular formula is C30H25N3O6S2. The monoisotopic (exact) mass is 587 g/mol. The Labute approximate surface area is 243 Å². The van der Waals surface area contributed by atoms with Crippen LogP contribution in [0.25, 0.3) is 0 Å². The van der Waals surface area contributed by atoms with Crippen molar-refractivity contribution in [3.63, 3.8) is 0 Å². The van der Waals surface area contributed by atoms with Gasteiger partial charge in [0, 0.05) is 16.5 Å². The summed E-state index contributed by atoms with van der Waals surface area (Å²) in [6.07, 6.45) is 0. The molecule has 41 heavy (non-hydrogen) atoms. The van der Waals surface area contributed by atoms with Crippen LogP contribution in [-0.4, -0.2) is 41.7 Å². The number of aromatic nitrogens is 1. The third-order valence-corrected chi connectivity index (χ3v) is 9.56. The molecule has 3 atom stereocenters. The Morgan fingerprint density at radius 3 is 2.51 bits per heavy atom. The van der Waals surface area contributed by atoms with Gasteiger partial charge in [-0.05, 0) is 60.5 Å². The normalized spacial score (nSPS) is 19.5. The van der Waals surface area contributed by atoms with E-state index in [-0.39, 0.29) is 29.2 Å². The Kier molecular flexibility index (Phi) is 7.14. The molecule has 4 aromatic rings. The van der Waals surface area contributed by atoms with Crippen molar-refractivity contribution in [2.45, 2.75) is 23.1 Å². The second kappa shape index (κ2) is 10.9. The van der Waals surface area contributed by atoms with Gasteiger partial charge in [-0.2, -0.15) is 0 Å². The van der Waals surface area contributed by atoms with E-state index < -0.39 is 17.1 Å². The summed E-state index contributed by atoms with van der Waals surface area (Å²) in [5, 5.41) is 2.72. The second-order valence-corrected chi connectivity index (χ2v) is 11.9. The summed E-state index contributed by atoms with van der Waals surface area (Å²) >= 11 is 2.26. The minimum atomic E-state index is -0.729. The smallest absolute Gasteiger partial charge is 0.305 e. The highest BCUT2D eigenvalue weighted by Crippen LogP contribution is 2.53. The Bertz CT molecular complexity index is 1710. The number of nitrogens with one attached hydrogen (secondary N) is 2. The Hall–Kier alpha value is -4.35. The van der Waals surface area contributed by atoms with Crippen LogP contribution in [0.4, 0.5) is 11.4 Å². The number of hydrogen-bond acceptors (Lipinski definition) is 8. The maximum Gasteiger partial charge on any atom is 0.305 e. The van der Waals surface area contributed by atoms with Gasteiger partial charge in [-0.25, -0.2) is 4.90 Å². The summed E-state index contributed by atoms with van der Waals surface area (Å²) in [5.74, 6) is -1.21. The van der Waals surface area contributed by atoms with Crippen molar-refractivity contribution in [1.82, 2.24) is 4.98 Å². The van der Waals surface area contributed by atoms with E-state index in [1.54, 1.807) is 49.6 Å². The molecule has 6 rings (SSSR count). The first-order valence-corrected chi connectivity index (χ1v) is 14.5. The highest BCUT2D eigenvalue weighted by Gasteiger charge is 2.56. The molecule has 3 unspecified atom stereocenters. The van der Waals surface area contributed by atoms with E-state index >= 15 is 0 Å². The number of rotatable bonds is 7. The molecule has 0 spiro atoms. The molecule has 1 saturated heterocycles. The lowest BCUT2D eigenvalue weighted by Gasteiger charge is -2.30. The molecule has 0 radical (unpaired) electrons. The van der Waals surface area contributed by atoms with E-state index in [2.05, 4.69) is 10.3 Å². The van der Waals surface area contributed by atoms with Gasteiger partial charge in [-0.1, -0.05) is 53.4 Å². The summed E-state index contributed by atoms with van der Waals surface area (Å²) in [6.45, 7) is 1.69. The minimum Gasteiger partial charge on any atom is -0.497 e. The Balaban J connectivity index is 1.29. The number of thioether (sulfide) groups is 1. The van der Waals surface area contributed by atoms with Crippen LogP contribution >= 0.6 is 23.1 Å². The number of nitrogens with zero attached hydrogens (tertiary/aromatic N) is 1. The maximum atomic E-state index is 13.9. The van der Waals surface area contributed by atoms with Gasteiger partial charge in [0.2, 0.25) is 11.8 Å². The van der Waals surface area contributed by atoms with Crippen molar-refractivity contribution in [2.75, 3.05) is 23.9 Å². The van der Waals surface area contributed by atoms with E-state index in [4.69, 9.17) is 9.47 Å². The zero-order chi connectivity index (χ0) is 28.7. The number of fused-ring (bicyclic) bond motifs is 2. The molecule has 3 aromatic carbocycles. The number of H-pyrrole nitrogens is 1. The molecule has 2 aliphatic heterocycles. The first-order chi connectivity index (χ1) is 19.8. The van der Waals surface area contributed by atoms with Crippen molar-refractivity contribution >= 4 is 52.2 Å². The molecule has 0 saturated carbocycles. The first-order valence-electron chi connectivity index (χ1n) is 12.8. The zero-order valence-electron chi connectivity index (χ0n) is 22.1. The van der Waals surface area contributed by atoms with Crippen LogP contribution in [-0.2, 0) is 14.4 Å². The summed E-state index contributed by atoms with van der Waals surface area (Å²) in [4.78, 5) is 57.0. The van der Waals surface area contributed by atoms with Crippen LogP contribution in [0.5, 0.6) is 11.5 Å². The van der Waals surface area contributed by atoms with Crippen LogP contribution in [0.1, 0.15) is 21.9 Å². The summed E-state index contributed by atoms with van der Waals surface area (Å²) in [6, 6.07) is 21.3. The third kappa shape index (κ3) is 5.02. The van der Waals surface area contributed by atoms with Gasteiger partial charge in [0.05, 0.1) is 23.7 Å². The first kappa shape index (κ1) is 26.9. The molecule has 2 aliphatic rings. The molecule has 3 heterocycles. The van der Waals surface area contributed by atoms with Crippen molar-refractivity contribution in [3.8, 4) is 11.5 Å². The average molecular weight is 588 g/mol. The van der Waals surface area contributed by atoms with E-state index in [1.165, 1.54) is 16.7 Å². The van der Waals surface area contributed by atoms with E-state index in [9.17, 15) is 19.2 Å². The van der Waals surface area contributed by atoms with Gasteiger partial charge >= 0.3 is 4.87 Å². The Morgan fingerprint density at radius 2 is 1.76 bits per heavy atom. The van der Waals surface area contributed by atoms with Crippen molar-refractivity contribution in [3.05, 3.63) is 98.5 Å². The van der Waals surface area contributed by atoms with Crippen molar-refractivity contribution < 1.29 is 23.9 Å². The topological polar surface area (TPSA) is 118 Å². The largest absolute Gasteiger partial charge is 0.497 e. The lowest BCUT2D eigenvalue weighted by atomic mass is 9.83. The number of methoxy groups -OCH3 is 1. The number of ether oxygens (including phenoxy) is 2. The van der Waals surface area contributed by atoms with Gasteiger partial charge in [0.25, 0.3) is 5.91 Å². The van der Waals surface area contributed by atoms with Crippen LogP contribution in [0.2, 0.25) is 0 Å². The number of thiazole rings is 1. The fourth-order valence-electron chi connectivity index (χ4n) is 5.21. The van der Waals surface area contributed by atoms with Gasteiger partial charge in [0.15, 0.2) is 6.61 Å². The number of amides is 3. The number of carbonyl (C=O) groups excluding carboxylic acids is 3. The van der Waals surface area contributed by atoms with Crippen LogP contribution < -0.4 is 24.6 Å². The van der Waals surface area contributed by atoms with Gasteiger partial charge in [-0.3, -0.25) is 19.2 Å². The fourth-order valence-corrected chi connectivity index (χ4v) is 7.72. The predicted molar refractivity (Wildman–Crippen MR) is 157 cm³/mol. The van der Waals surface area contributed by atoms with Crippen LogP contribution in [0, 0.1) is 12.8 Å². The summed E-state index contributed by atoms with van der Waals surface area (Å²) in [7, 11) is 1.55. The lowest BCUT2D eigenvalue weighted by molar-refractivity contribution is -0.122. The number of para-hydroxylation sites is 1. The maximum absolute atomic E-state index is 13.9. The quantitative estimate of drug-likeness (QED) is 0.304. The Morgan fingerprint density at radius 1 is 0.976 bits per heavy atom. The molecule has 1 aromatic heterocycles. The zero-order valence-corrected chi connectivity index (χ0v) is 23.7. The lowest BCUT2D eigenvalue weighted by Crippen LogP contribution is -2.32. The molecular weight excluding hydrogens is 562 g/mol. The SMILES string of the molecule is COc1ccc(N2C(=O)C3Sc4[nH]c(=O)sc4C(c4cccc(OCC(=O)Nc5ccccc5C)c4)C3C2=O)cc1. The molecule has 0 aliphatic carbocycles. The number of aromatic amines is 1. The number of benzene rings is 3. The third-order valence-electron chi connectivity index (χ3n) is 7.16. The number of carbonyl (C=O) groups is 3. The molecule has 0 bridgehead atoms. The molecule has 9 nitrogen and oxygen atoms in total. The molecule has 3 amide bonds. The van der Waals surface area contributed by atoms with Gasteiger partial charge < -0.3 is 19.8 Å². The van der Waals surface area contributed by atoms with Crippen molar-refractivity contribution in [1.29, 1.82) is 0 Å². The van der Waals surface area contributed by atoms with Gasteiger partial charge in [0.1, 0.15) is 16.7 Å². The second-order valence-electron chi connectivity index (χ2n) is 9.68. The fraction of sp³-hybridized carbons (Fsp3) is 0.200. The molecule has 1 fully saturated rings. The summed E-state index contributed by atoms with van der Waals surface area (Å²) < 4.78 is 11.0. The molecule has 2 N–H and O–H groups in total. The number of hydrogen-bond donors (Lipinski definition) is 2. The highest BCUT2D eigenvalue weighted by molar-refractivity contribution is 8.00. The van der Waals surface area contributed by atoms with E-state index in [0.717, 1.165) is 16.9 Å². The standard InChI is InChI=1S/C30H25N3O6S2/c1-16-6-3-4-9-21(16)31-22(34)15-39-20-8-5-7-17(14-20)23-24-26(40-27-25(23)41-30(37)32-27)29(36)33(28(24)35)18-10-12-19(38-2)13-11-18/h3-14,23-24,26H,15H2,1-2H3,(H,31,34)(H,32,37). The predicted octanol–water partition coefficient (Wildman–Crippen LogP) is 4.57. The van der Waals surface area contributed by atoms with Crippen LogP contribution in [0.15, 0.2) is 82.6 Å². The number of anilines is 2. The average Bonchev–Trinajstić information content (AvgIpc) is 3.47. The van der Waals surface area contributed by atoms with Crippen LogP contribution in [0.3, 0.4) is 0 Å². The van der Waals surface area contributed by atoms with E-state index in [1.807, 2.05) is 37.3 Å². The van der Waals surface area contributed by atoms with Gasteiger partial charge in [-0.15, -0.1) is 0 Å². The number of aryl methyl sites for hydroxylation is 1. The highest BCUT2D eigenvalue weighted by atomic mass is 32.2. The molecule has 208 valence electrons. The van der Waals surface area contributed by atoms with Crippen molar-refractivity contribution in [2.24, 2.45) is 5.92 Å². The number of imide groups is 1.